The van der Waals surface area contributed by atoms with Gasteiger partial charge in [0.05, 0.1) is 0 Å². The fourth-order valence-electron chi connectivity index (χ4n) is 1.30. The number of halogens is 1. The molecule has 0 aromatic heterocycles. The van der Waals surface area contributed by atoms with Crippen molar-refractivity contribution in [2.75, 3.05) is 0 Å². The van der Waals surface area contributed by atoms with Gasteiger partial charge >= 0.3 is 0 Å². The summed E-state index contributed by atoms with van der Waals surface area (Å²) in [6.07, 6.45) is 0.615. The Labute approximate surface area is 93.6 Å². The number of amides is 1. The maximum atomic E-state index is 12.9. The molecule has 4 nitrogen and oxygen atoms in total. The van der Waals surface area contributed by atoms with E-state index in [1.807, 2.05) is 12.3 Å². The minimum Gasteiger partial charge on any atom is -0.480 e. The van der Waals surface area contributed by atoms with E-state index in [0.29, 0.717) is 12.2 Å². The molecule has 0 fully saturated rings. The molecule has 5 heteroatoms. The van der Waals surface area contributed by atoms with Crippen LogP contribution in [0.1, 0.15) is 19.8 Å². The van der Waals surface area contributed by atoms with Crippen LogP contribution < -0.4 is 16.0 Å². The fourth-order valence-corrected chi connectivity index (χ4v) is 1.30. The van der Waals surface area contributed by atoms with Crippen molar-refractivity contribution in [1.29, 1.82) is 0 Å². The SMILES string of the molecule is CCCC(Oc1cccc(F)c1)C(=O)NN. The van der Waals surface area contributed by atoms with Crippen LogP contribution in [0.15, 0.2) is 24.3 Å². The average Bonchev–Trinajstić information content (AvgIpc) is 2.27. The molecule has 88 valence electrons. The van der Waals surface area contributed by atoms with Crippen LogP contribution in [0.5, 0.6) is 5.75 Å². The lowest BCUT2D eigenvalue weighted by Gasteiger charge is -2.16. The molecule has 0 bridgehead atoms. The van der Waals surface area contributed by atoms with Crippen LogP contribution in [0.2, 0.25) is 0 Å². The van der Waals surface area contributed by atoms with Crippen molar-refractivity contribution in [3.05, 3.63) is 30.1 Å². The monoisotopic (exact) mass is 226 g/mol. The summed E-state index contributed by atoms with van der Waals surface area (Å²) in [6.45, 7) is 1.92. The predicted octanol–water partition coefficient (Wildman–Crippen LogP) is 1.36. The molecule has 0 aliphatic carbocycles. The van der Waals surface area contributed by atoms with Gasteiger partial charge in [0.1, 0.15) is 11.6 Å². The first-order valence-corrected chi connectivity index (χ1v) is 5.10. The first-order chi connectivity index (χ1) is 7.67. The molecule has 1 aromatic rings. The highest BCUT2D eigenvalue weighted by molar-refractivity contribution is 5.80. The quantitative estimate of drug-likeness (QED) is 0.452. The third-order valence-electron chi connectivity index (χ3n) is 2.06. The van der Waals surface area contributed by atoms with E-state index in [1.54, 1.807) is 6.07 Å². The molecular formula is C11H15FN2O2. The summed E-state index contributed by atoms with van der Waals surface area (Å²) in [7, 11) is 0. The maximum Gasteiger partial charge on any atom is 0.274 e. The van der Waals surface area contributed by atoms with Crippen LogP contribution in [0.3, 0.4) is 0 Å². The highest BCUT2D eigenvalue weighted by Gasteiger charge is 2.18. The van der Waals surface area contributed by atoms with Gasteiger partial charge in [0.25, 0.3) is 5.91 Å². The van der Waals surface area contributed by atoms with Gasteiger partial charge in [-0.15, -0.1) is 0 Å². The van der Waals surface area contributed by atoms with Gasteiger partial charge in [0, 0.05) is 6.07 Å². The number of benzene rings is 1. The smallest absolute Gasteiger partial charge is 0.274 e. The Balaban J connectivity index is 2.71. The lowest BCUT2D eigenvalue weighted by molar-refractivity contribution is -0.128. The normalized spacial score (nSPS) is 11.9. The third-order valence-corrected chi connectivity index (χ3v) is 2.06. The number of nitrogens with one attached hydrogen (secondary N) is 1. The van der Waals surface area contributed by atoms with Gasteiger partial charge in [-0.1, -0.05) is 19.4 Å². The van der Waals surface area contributed by atoms with E-state index >= 15 is 0 Å². The molecule has 0 saturated carbocycles. The second kappa shape index (κ2) is 6.07. The Morgan fingerprint density at radius 1 is 1.62 bits per heavy atom. The van der Waals surface area contributed by atoms with Crippen LogP contribution in [0, 0.1) is 5.82 Å². The van der Waals surface area contributed by atoms with Crippen molar-refractivity contribution in [1.82, 2.24) is 5.43 Å². The van der Waals surface area contributed by atoms with Crippen molar-refractivity contribution in [2.45, 2.75) is 25.9 Å². The zero-order chi connectivity index (χ0) is 12.0. The Morgan fingerprint density at radius 3 is 2.94 bits per heavy atom. The van der Waals surface area contributed by atoms with Gasteiger partial charge in [-0.3, -0.25) is 10.2 Å². The molecule has 1 rings (SSSR count). The summed E-state index contributed by atoms with van der Waals surface area (Å²) in [6, 6.07) is 5.65. The number of hydrazine groups is 1. The van der Waals surface area contributed by atoms with Crippen LogP contribution >= 0.6 is 0 Å². The Morgan fingerprint density at radius 2 is 2.38 bits per heavy atom. The molecular weight excluding hydrogens is 211 g/mol. The standard InChI is InChI=1S/C11H15FN2O2/c1-2-4-10(11(15)14-13)16-9-6-3-5-8(12)7-9/h3,5-7,10H,2,4,13H2,1H3,(H,14,15). The molecule has 1 amide bonds. The molecule has 1 unspecified atom stereocenters. The van der Waals surface area contributed by atoms with Crippen molar-refractivity contribution < 1.29 is 13.9 Å². The molecule has 1 aromatic carbocycles. The van der Waals surface area contributed by atoms with Crippen LogP contribution in [0.4, 0.5) is 4.39 Å². The van der Waals surface area contributed by atoms with Gasteiger partial charge in [-0.2, -0.15) is 0 Å². The van der Waals surface area contributed by atoms with E-state index in [4.69, 9.17) is 10.6 Å². The van der Waals surface area contributed by atoms with Crippen LogP contribution in [-0.4, -0.2) is 12.0 Å². The van der Waals surface area contributed by atoms with Crippen molar-refractivity contribution >= 4 is 5.91 Å². The number of hydrogen-bond acceptors (Lipinski definition) is 3. The van der Waals surface area contributed by atoms with Crippen molar-refractivity contribution in [3.63, 3.8) is 0 Å². The molecule has 0 aliphatic heterocycles. The zero-order valence-electron chi connectivity index (χ0n) is 9.07. The second-order valence-electron chi connectivity index (χ2n) is 3.36. The zero-order valence-corrected chi connectivity index (χ0v) is 9.07. The summed E-state index contributed by atoms with van der Waals surface area (Å²) < 4.78 is 18.2. The molecule has 16 heavy (non-hydrogen) atoms. The summed E-state index contributed by atoms with van der Waals surface area (Å²) in [5.74, 6) is 4.54. The number of hydrogen-bond donors (Lipinski definition) is 2. The highest BCUT2D eigenvalue weighted by Crippen LogP contribution is 2.15. The van der Waals surface area contributed by atoms with Gasteiger partial charge in [0.15, 0.2) is 6.10 Å². The summed E-state index contributed by atoms with van der Waals surface area (Å²) in [5.41, 5.74) is 2.03. The number of rotatable bonds is 5. The van der Waals surface area contributed by atoms with E-state index in [-0.39, 0.29) is 0 Å². The lowest BCUT2D eigenvalue weighted by Crippen LogP contribution is -2.42. The van der Waals surface area contributed by atoms with Crippen LogP contribution in [-0.2, 0) is 4.79 Å². The minimum absolute atomic E-state index is 0.321. The van der Waals surface area contributed by atoms with E-state index in [9.17, 15) is 9.18 Å². The molecule has 0 heterocycles. The Kier molecular flexibility index (Phi) is 4.72. The summed E-state index contributed by atoms with van der Waals surface area (Å²) in [4.78, 5) is 11.3. The largest absolute Gasteiger partial charge is 0.480 e. The van der Waals surface area contributed by atoms with Crippen LogP contribution in [0.25, 0.3) is 0 Å². The molecule has 3 N–H and O–H groups in total. The number of carbonyl (C=O) groups excluding carboxylic acids is 1. The second-order valence-corrected chi connectivity index (χ2v) is 3.36. The lowest BCUT2D eigenvalue weighted by atomic mass is 10.2. The Bertz CT molecular complexity index is 358. The van der Waals surface area contributed by atoms with E-state index in [1.165, 1.54) is 18.2 Å². The van der Waals surface area contributed by atoms with E-state index in [2.05, 4.69) is 0 Å². The first-order valence-electron chi connectivity index (χ1n) is 5.10. The highest BCUT2D eigenvalue weighted by atomic mass is 19.1. The molecule has 0 saturated heterocycles. The van der Waals surface area contributed by atoms with Gasteiger partial charge in [-0.25, -0.2) is 10.2 Å². The van der Waals surface area contributed by atoms with Crippen molar-refractivity contribution in [3.8, 4) is 5.75 Å². The van der Waals surface area contributed by atoms with Gasteiger partial charge < -0.3 is 4.74 Å². The third kappa shape index (κ3) is 3.51. The number of carbonyl (C=O) groups is 1. The van der Waals surface area contributed by atoms with E-state index in [0.717, 1.165) is 6.42 Å². The molecule has 0 spiro atoms. The Hall–Kier alpha value is -1.62. The predicted molar refractivity (Wildman–Crippen MR) is 58.1 cm³/mol. The molecule has 0 aliphatic rings. The number of nitrogens with two attached hydrogens (primary N) is 1. The van der Waals surface area contributed by atoms with Gasteiger partial charge in [0.2, 0.25) is 0 Å². The fraction of sp³-hybridized carbons (Fsp3) is 0.364. The average molecular weight is 226 g/mol. The maximum absolute atomic E-state index is 12.9. The summed E-state index contributed by atoms with van der Waals surface area (Å²) in [5, 5.41) is 0. The first kappa shape index (κ1) is 12.4. The topological polar surface area (TPSA) is 64.3 Å². The summed E-state index contributed by atoms with van der Waals surface area (Å²) >= 11 is 0. The van der Waals surface area contributed by atoms with E-state index < -0.39 is 17.8 Å². The molecule has 1 atom stereocenters. The molecule has 0 radical (unpaired) electrons. The van der Waals surface area contributed by atoms with Gasteiger partial charge in [-0.05, 0) is 18.6 Å². The minimum atomic E-state index is -0.684. The van der Waals surface area contributed by atoms with Crippen molar-refractivity contribution in [2.24, 2.45) is 5.84 Å². The number of ether oxygens (including phenoxy) is 1.